The Balaban J connectivity index is 2.19. The highest BCUT2D eigenvalue weighted by atomic mass is 16.7. The minimum atomic E-state index is -1.43. The summed E-state index contributed by atoms with van der Waals surface area (Å²) in [4.78, 5) is 22.0. The Labute approximate surface area is 99.8 Å². The molecule has 0 aromatic carbocycles. The molecule has 0 unspecified atom stereocenters. The van der Waals surface area contributed by atoms with Crippen LogP contribution in [0, 0.1) is 5.41 Å². The summed E-state index contributed by atoms with van der Waals surface area (Å²) in [7, 11) is 0. The van der Waals surface area contributed by atoms with Gasteiger partial charge in [-0.2, -0.15) is 0 Å². The smallest absolute Gasteiger partial charge is 0.308 e. The number of carboxylic acids is 1. The predicted molar refractivity (Wildman–Crippen MR) is 58.0 cm³/mol. The highest BCUT2D eigenvalue weighted by Gasteiger charge is 2.56. The minimum Gasteiger partial charge on any atom is -0.481 e. The third-order valence-corrected chi connectivity index (χ3v) is 4.16. The molecule has 2 aliphatic rings. The van der Waals surface area contributed by atoms with Crippen molar-refractivity contribution in [3.8, 4) is 0 Å². The van der Waals surface area contributed by atoms with E-state index >= 15 is 0 Å². The summed E-state index contributed by atoms with van der Waals surface area (Å²) >= 11 is 0. The highest BCUT2D eigenvalue weighted by molar-refractivity contribution is 5.71. The summed E-state index contributed by atoms with van der Waals surface area (Å²) in [6, 6.07) is 0. The summed E-state index contributed by atoms with van der Waals surface area (Å²) in [6.07, 6.45) is 4.16. The number of hydrogen-bond donors (Lipinski definition) is 2. The monoisotopic (exact) mass is 242 g/mol. The van der Waals surface area contributed by atoms with E-state index < -0.39 is 17.2 Å². The van der Waals surface area contributed by atoms with Crippen molar-refractivity contribution in [2.45, 2.75) is 57.2 Å². The van der Waals surface area contributed by atoms with E-state index in [-0.39, 0.29) is 18.8 Å². The van der Waals surface area contributed by atoms with Crippen LogP contribution < -0.4 is 0 Å². The van der Waals surface area contributed by atoms with Crippen molar-refractivity contribution in [1.29, 1.82) is 0 Å². The Kier molecular flexibility index (Phi) is 3.12. The van der Waals surface area contributed by atoms with Crippen LogP contribution in [-0.4, -0.2) is 27.9 Å². The SMILES string of the molecule is O=C(O)CC[C@@]12CCCC[C@]1(O)OC(=O)CC2. The van der Waals surface area contributed by atoms with Gasteiger partial charge in [0.15, 0.2) is 0 Å². The molecule has 17 heavy (non-hydrogen) atoms. The Hall–Kier alpha value is -1.10. The molecule has 0 aromatic heterocycles. The quantitative estimate of drug-likeness (QED) is 0.731. The number of carbonyl (C=O) groups excluding carboxylic acids is 1. The molecule has 5 heteroatoms. The fraction of sp³-hybridized carbons (Fsp3) is 0.833. The molecule has 0 bridgehead atoms. The van der Waals surface area contributed by atoms with Gasteiger partial charge in [0.25, 0.3) is 0 Å². The third kappa shape index (κ3) is 2.16. The first kappa shape index (κ1) is 12.4. The van der Waals surface area contributed by atoms with Gasteiger partial charge in [-0.3, -0.25) is 9.59 Å². The number of rotatable bonds is 3. The molecule has 2 atom stereocenters. The molecule has 1 saturated carbocycles. The summed E-state index contributed by atoms with van der Waals surface area (Å²) < 4.78 is 5.14. The molecule has 1 aliphatic heterocycles. The second kappa shape index (κ2) is 4.29. The third-order valence-electron chi connectivity index (χ3n) is 4.16. The van der Waals surface area contributed by atoms with Crippen molar-refractivity contribution in [2.75, 3.05) is 0 Å². The second-order valence-corrected chi connectivity index (χ2v) is 5.14. The van der Waals surface area contributed by atoms with E-state index in [9.17, 15) is 14.7 Å². The van der Waals surface area contributed by atoms with Crippen LogP contribution in [-0.2, 0) is 14.3 Å². The first-order valence-electron chi connectivity index (χ1n) is 6.14. The molecule has 0 aromatic rings. The number of esters is 1. The van der Waals surface area contributed by atoms with Gasteiger partial charge in [-0.1, -0.05) is 6.42 Å². The van der Waals surface area contributed by atoms with Gasteiger partial charge in [0.05, 0.1) is 0 Å². The molecule has 0 spiro atoms. The molecule has 1 heterocycles. The predicted octanol–water partition coefficient (Wildman–Crippen LogP) is 1.44. The molecule has 0 radical (unpaired) electrons. The molecular weight excluding hydrogens is 224 g/mol. The van der Waals surface area contributed by atoms with Crippen molar-refractivity contribution in [3.63, 3.8) is 0 Å². The van der Waals surface area contributed by atoms with Crippen LogP contribution in [0.1, 0.15) is 51.4 Å². The zero-order valence-electron chi connectivity index (χ0n) is 9.78. The average molecular weight is 242 g/mol. The van der Waals surface area contributed by atoms with Gasteiger partial charge < -0.3 is 14.9 Å². The van der Waals surface area contributed by atoms with Crippen LogP contribution in [0.4, 0.5) is 0 Å². The van der Waals surface area contributed by atoms with E-state index in [2.05, 4.69) is 0 Å². The Morgan fingerprint density at radius 2 is 2.00 bits per heavy atom. The fourth-order valence-electron chi connectivity index (χ4n) is 3.14. The molecule has 0 amide bonds. The molecule has 2 N–H and O–H groups in total. The van der Waals surface area contributed by atoms with Crippen LogP contribution >= 0.6 is 0 Å². The first-order valence-corrected chi connectivity index (χ1v) is 6.14. The first-order chi connectivity index (χ1) is 7.97. The number of aliphatic carboxylic acids is 1. The van der Waals surface area contributed by atoms with E-state index in [4.69, 9.17) is 9.84 Å². The largest absolute Gasteiger partial charge is 0.481 e. The number of fused-ring (bicyclic) bond motifs is 1. The van der Waals surface area contributed by atoms with Crippen molar-refractivity contribution in [1.82, 2.24) is 0 Å². The molecule has 1 aliphatic carbocycles. The molecular formula is C12H18O5. The summed E-state index contributed by atoms with van der Waals surface area (Å²) in [6.45, 7) is 0. The van der Waals surface area contributed by atoms with Gasteiger partial charge in [0.1, 0.15) is 0 Å². The lowest BCUT2D eigenvalue weighted by Crippen LogP contribution is -2.56. The van der Waals surface area contributed by atoms with E-state index in [1.165, 1.54) is 0 Å². The van der Waals surface area contributed by atoms with Gasteiger partial charge in [-0.25, -0.2) is 0 Å². The summed E-state index contributed by atoms with van der Waals surface area (Å²) in [5, 5.41) is 19.3. The normalized spacial score (nSPS) is 37.1. The van der Waals surface area contributed by atoms with Gasteiger partial charge >= 0.3 is 11.9 Å². The van der Waals surface area contributed by atoms with Crippen molar-refractivity contribution >= 4 is 11.9 Å². The standard InChI is InChI=1S/C12H18O5/c13-9(14)3-7-11-5-1-2-6-12(11,16)17-10(15)4-8-11/h16H,1-8H2,(H,13,14)/t11-,12+/m1/s1. The van der Waals surface area contributed by atoms with Gasteiger partial charge in [0, 0.05) is 24.7 Å². The zero-order chi connectivity index (χ0) is 12.5. The maximum atomic E-state index is 11.3. The lowest BCUT2D eigenvalue weighted by molar-refractivity contribution is -0.294. The molecule has 1 saturated heterocycles. The topological polar surface area (TPSA) is 83.8 Å². The number of ether oxygens (including phenoxy) is 1. The zero-order valence-corrected chi connectivity index (χ0v) is 9.78. The lowest BCUT2D eigenvalue weighted by Gasteiger charge is -2.51. The van der Waals surface area contributed by atoms with Crippen LogP contribution in [0.5, 0.6) is 0 Å². The molecule has 96 valence electrons. The van der Waals surface area contributed by atoms with Gasteiger partial charge in [-0.15, -0.1) is 0 Å². The van der Waals surface area contributed by atoms with E-state index in [1.54, 1.807) is 0 Å². The number of aliphatic hydroxyl groups is 1. The van der Waals surface area contributed by atoms with Crippen LogP contribution in [0.2, 0.25) is 0 Å². The van der Waals surface area contributed by atoms with E-state index in [0.29, 0.717) is 19.3 Å². The van der Waals surface area contributed by atoms with Crippen LogP contribution in [0.3, 0.4) is 0 Å². The highest BCUT2D eigenvalue weighted by Crippen LogP contribution is 2.53. The Morgan fingerprint density at radius 1 is 1.29 bits per heavy atom. The number of carbonyl (C=O) groups is 2. The minimum absolute atomic E-state index is 0.0138. The van der Waals surface area contributed by atoms with E-state index in [1.807, 2.05) is 0 Å². The Bertz CT molecular complexity index is 340. The Morgan fingerprint density at radius 3 is 2.71 bits per heavy atom. The average Bonchev–Trinajstić information content (AvgIpc) is 2.26. The number of hydrogen-bond acceptors (Lipinski definition) is 4. The summed E-state index contributed by atoms with van der Waals surface area (Å²) in [5.74, 6) is -2.68. The van der Waals surface area contributed by atoms with Crippen molar-refractivity contribution < 1.29 is 24.5 Å². The van der Waals surface area contributed by atoms with E-state index in [0.717, 1.165) is 19.3 Å². The molecule has 5 nitrogen and oxygen atoms in total. The molecule has 2 rings (SSSR count). The van der Waals surface area contributed by atoms with Gasteiger partial charge in [-0.05, 0) is 25.7 Å². The summed E-state index contributed by atoms with van der Waals surface area (Å²) in [5.41, 5.74) is -0.544. The van der Waals surface area contributed by atoms with Gasteiger partial charge in [0.2, 0.25) is 5.79 Å². The van der Waals surface area contributed by atoms with Crippen LogP contribution in [0.25, 0.3) is 0 Å². The molecule has 2 fully saturated rings. The van der Waals surface area contributed by atoms with Crippen molar-refractivity contribution in [3.05, 3.63) is 0 Å². The van der Waals surface area contributed by atoms with Crippen molar-refractivity contribution in [2.24, 2.45) is 5.41 Å². The maximum absolute atomic E-state index is 11.3. The maximum Gasteiger partial charge on any atom is 0.308 e. The second-order valence-electron chi connectivity index (χ2n) is 5.14. The van der Waals surface area contributed by atoms with Crippen LogP contribution in [0.15, 0.2) is 0 Å². The number of carboxylic acid groups (broad SMARTS) is 1. The lowest BCUT2D eigenvalue weighted by atomic mass is 9.63. The fourth-order valence-corrected chi connectivity index (χ4v) is 3.14.